The highest BCUT2D eigenvalue weighted by Crippen LogP contribution is 2.31. The molecule has 0 bridgehead atoms. The minimum Gasteiger partial charge on any atom is -0.465 e. The third-order valence-electron chi connectivity index (χ3n) is 4.25. The lowest BCUT2D eigenvalue weighted by atomic mass is 10.3. The summed E-state index contributed by atoms with van der Waals surface area (Å²) in [5.41, 5.74) is 2.51. The van der Waals surface area contributed by atoms with Crippen molar-refractivity contribution in [3.63, 3.8) is 0 Å². The maximum Gasteiger partial charge on any atom is 0.411 e. The molecule has 1 aliphatic rings. The fourth-order valence-electron chi connectivity index (χ4n) is 2.89. The van der Waals surface area contributed by atoms with Crippen molar-refractivity contribution >= 4 is 17.3 Å². The maximum absolute atomic E-state index is 12.4. The van der Waals surface area contributed by atoms with E-state index in [2.05, 4.69) is 31.8 Å². The van der Waals surface area contributed by atoms with Gasteiger partial charge in [-0.1, -0.05) is 0 Å². The molecule has 11 heteroatoms. The molecule has 0 saturated carbocycles. The molecule has 1 saturated heterocycles. The van der Waals surface area contributed by atoms with Crippen molar-refractivity contribution in [1.82, 2.24) is 34.4 Å². The van der Waals surface area contributed by atoms with Gasteiger partial charge >= 0.3 is 12.1 Å². The van der Waals surface area contributed by atoms with Gasteiger partial charge in [-0.15, -0.1) is 0 Å². The normalized spacial score (nSPS) is 15.4. The van der Waals surface area contributed by atoms with Gasteiger partial charge in [-0.3, -0.25) is 0 Å². The SMILES string of the molecule is CCn1c(-c2cnc(C)nc2)nc2cncnc21.O=C(O)N1CCCC1(F)F. The molecule has 0 aromatic carbocycles. The van der Waals surface area contributed by atoms with E-state index in [1.165, 1.54) is 6.33 Å². The summed E-state index contributed by atoms with van der Waals surface area (Å²) < 4.78 is 26.8. The molecule has 0 radical (unpaired) electrons. The summed E-state index contributed by atoms with van der Waals surface area (Å²) in [7, 11) is 0. The number of hydrogen-bond donors (Lipinski definition) is 1. The second-order valence-electron chi connectivity index (χ2n) is 6.13. The molecule has 0 aliphatic carbocycles. The zero-order valence-electron chi connectivity index (χ0n) is 15.4. The van der Waals surface area contributed by atoms with Gasteiger partial charge in [-0.25, -0.2) is 34.6 Å². The van der Waals surface area contributed by atoms with E-state index in [4.69, 9.17) is 5.11 Å². The summed E-state index contributed by atoms with van der Waals surface area (Å²) >= 11 is 0. The van der Waals surface area contributed by atoms with Gasteiger partial charge in [0.1, 0.15) is 23.5 Å². The Balaban J connectivity index is 0.000000192. The quantitative estimate of drug-likeness (QED) is 0.669. The summed E-state index contributed by atoms with van der Waals surface area (Å²) in [5, 5.41) is 8.19. The number of hydrogen-bond acceptors (Lipinski definition) is 6. The average molecular weight is 391 g/mol. The van der Waals surface area contributed by atoms with E-state index in [0.29, 0.717) is 0 Å². The smallest absolute Gasteiger partial charge is 0.411 e. The van der Waals surface area contributed by atoms with Gasteiger partial charge in [0.05, 0.1) is 11.8 Å². The van der Waals surface area contributed by atoms with Crippen LogP contribution in [0.2, 0.25) is 0 Å². The van der Waals surface area contributed by atoms with Crippen molar-refractivity contribution in [2.45, 2.75) is 39.3 Å². The number of carboxylic acid groups (broad SMARTS) is 1. The second kappa shape index (κ2) is 7.79. The van der Waals surface area contributed by atoms with Crippen molar-refractivity contribution < 1.29 is 18.7 Å². The summed E-state index contributed by atoms with van der Waals surface area (Å²) in [6.07, 6.45) is 5.17. The zero-order chi connectivity index (χ0) is 20.3. The Hall–Kier alpha value is -3.24. The first kappa shape index (κ1) is 19.5. The van der Waals surface area contributed by atoms with Crippen LogP contribution >= 0.6 is 0 Å². The van der Waals surface area contributed by atoms with Crippen LogP contribution in [0.5, 0.6) is 0 Å². The molecule has 3 aromatic rings. The second-order valence-corrected chi connectivity index (χ2v) is 6.13. The molecule has 1 fully saturated rings. The van der Waals surface area contributed by atoms with Gasteiger partial charge < -0.3 is 9.67 Å². The number of fused-ring (bicyclic) bond motifs is 1. The molecule has 1 amide bonds. The van der Waals surface area contributed by atoms with Gasteiger partial charge in [0, 0.05) is 31.9 Å². The van der Waals surface area contributed by atoms with E-state index < -0.39 is 12.1 Å². The summed E-state index contributed by atoms with van der Waals surface area (Å²) in [6, 6.07) is -3.13. The Bertz CT molecular complexity index is 975. The van der Waals surface area contributed by atoms with Crippen molar-refractivity contribution in [1.29, 1.82) is 0 Å². The Labute approximate surface area is 159 Å². The molecule has 148 valence electrons. The first-order valence-electron chi connectivity index (χ1n) is 8.67. The predicted molar refractivity (Wildman–Crippen MR) is 95.7 cm³/mol. The van der Waals surface area contributed by atoms with Crippen LogP contribution in [-0.4, -0.2) is 58.2 Å². The van der Waals surface area contributed by atoms with Gasteiger partial charge in [-0.2, -0.15) is 8.78 Å². The Morgan fingerprint density at radius 3 is 2.50 bits per heavy atom. The van der Waals surface area contributed by atoms with E-state index >= 15 is 0 Å². The Morgan fingerprint density at radius 2 is 1.96 bits per heavy atom. The molecule has 3 aromatic heterocycles. The first-order valence-corrected chi connectivity index (χ1v) is 8.67. The van der Waals surface area contributed by atoms with Crippen LogP contribution in [0.3, 0.4) is 0 Å². The average Bonchev–Trinajstić information content (AvgIpc) is 3.22. The van der Waals surface area contributed by atoms with Crippen LogP contribution in [0.4, 0.5) is 13.6 Å². The highest BCUT2D eigenvalue weighted by atomic mass is 19.3. The highest BCUT2D eigenvalue weighted by molar-refractivity contribution is 5.75. The number of imidazole rings is 1. The van der Waals surface area contributed by atoms with Crippen LogP contribution in [0.1, 0.15) is 25.6 Å². The Kier molecular flexibility index (Phi) is 5.43. The lowest BCUT2D eigenvalue weighted by Gasteiger charge is -2.19. The molecule has 4 rings (SSSR count). The summed E-state index contributed by atoms with van der Waals surface area (Å²) in [4.78, 5) is 31.4. The van der Waals surface area contributed by atoms with E-state index in [0.717, 1.165) is 34.9 Å². The van der Waals surface area contributed by atoms with Crippen LogP contribution in [0, 0.1) is 6.92 Å². The number of nitrogens with zero attached hydrogens (tertiary/aromatic N) is 7. The number of likely N-dealkylation sites (tertiary alicyclic amines) is 1. The van der Waals surface area contributed by atoms with Crippen LogP contribution in [-0.2, 0) is 6.54 Å². The third-order valence-corrected chi connectivity index (χ3v) is 4.25. The minimum atomic E-state index is -3.13. The summed E-state index contributed by atoms with van der Waals surface area (Å²) in [5.74, 6) is 1.57. The Morgan fingerprint density at radius 1 is 1.25 bits per heavy atom. The summed E-state index contributed by atoms with van der Waals surface area (Å²) in [6.45, 7) is 4.65. The van der Waals surface area contributed by atoms with E-state index in [9.17, 15) is 13.6 Å². The number of amides is 1. The molecule has 1 aliphatic heterocycles. The van der Waals surface area contributed by atoms with E-state index in [-0.39, 0.29) is 24.3 Å². The van der Waals surface area contributed by atoms with Gasteiger partial charge in [0.25, 0.3) is 0 Å². The molecule has 28 heavy (non-hydrogen) atoms. The predicted octanol–water partition coefficient (Wildman–Crippen LogP) is 2.96. The number of aryl methyl sites for hydroxylation is 2. The van der Waals surface area contributed by atoms with Gasteiger partial charge in [-0.05, 0) is 20.3 Å². The monoisotopic (exact) mass is 391 g/mol. The topological polar surface area (TPSA) is 110 Å². The van der Waals surface area contributed by atoms with Crippen molar-refractivity contribution in [2.75, 3.05) is 6.54 Å². The van der Waals surface area contributed by atoms with Gasteiger partial charge in [0.2, 0.25) is 0 Å². The lowest BCUT2D eigenvalue weighted by molar-refractivity contribution is -0.101. The largest absolute Gasteiger partial charge is 0.465 e. The highest BCUT2D eigenvalue weighted by Gasteiger charge is 2.44. The fourth-order valence-corrected chi connectivity index (χ4v) is 2.89. The molecule has 0 spiro atoms. The third kappa shape index (κ3) is 3.87. The number of halogens is 2. The van der Waals surface area contributed by atoms with Crippen molar-refractivity contribution in [3.8, 4) is 11.4 Å². The number of alkyl halides is 2. The molecule has 0 unspecified atom stereocenters. The molecule has 1 N–H and O–H groups in total. The standard InChI is InChI=1S/C12H12N6.C5H7F2NO2/c1-3-18-11(9-4-14-8(2)15-5-9)17-10-6-13-7-16-12(10)18;6-5(7)2-1-3-8(5)4(9)10/h4-7H,3H2,1-2H3;1-3H2,(H,9,10). The van der Waals surface area contributed by atoms with Gasteiger partial charge in [0.15, 0.2) is 5.65 Å². The van der Waals surface area contributed by atoms with Crippen molar-refractivity contribution in [3.05, 3.63) is 30.7 Å². The molecular weight excluding hydrogens is 372 g/mol. The zero-order valence-corrected chi connectivity index (χ0v) is 15.4. The lowest BCUT2D eigenvalue weighted by Crippen LogP contribution is -2.39. The van der Waals surface area contributed by atoms with E-state index in [1.807, 2.05) is 11.5 Å². The van der Waals surface area contributed by atoms with E-state index in [1.54, 1.807) is 18.6 Å². The molecule has 4 heterocycles. The first-order chi connectivity index (χ1) is 13.3. The van der Waals surface area contributed by atoms with Crippen LogP contribution in [0.15, 0.2) is 24.9 Å². The number of aromatic nitrogens is 6. The number of rotatable bonds is 2. The van der Waals surface area contributed by atoms with Crippen LogP contribution < -0.4 is 0 Å². The van der Waals surface area contributed by atoms with Crippen LogP contribution in [0.25, 0.3) is 22.6 Å². The molecular formula is C17H19F2N7O2. The molecule has 0 atom stereocenters. The number of carbonyl (C=O) groups is 1. The minimum absolute atomic E-state index is 0.0532. The van der Waals surface area contributed by atoms with Crippen molar-refractivity contribution in [2.24, 2.45) is 0 Å². The maximum atomic E-state index is 12.4. The fraction of sp³-hybridized carbons (Fsp3) is 0.412. The molecule has 9 nitrogen and oxygen atoms in total.